The van der Waals surface area contributed by atoms with Crippen LogP contribution in [-0.2, 0) is 9.59 Å². The van der Waals surface area contributed by atoms with E-state index in [4.69, 9.17) is 9.47 Å². The molecule has 1 fully saturated rings. The largest absolute Gasteiger partial charge is 0.454 e. The Bertz CT molecular complexity index is 868. The number of likely N-dealkylation sites (N-methyl/N-ethyl adjacent to an activating group) is 1. The van der Waals surface area contributed by atoms with E-state index in [0.717, 1.165) is 24.8 Å². The molecule has 0 bridgehead atoms. The average molecular weight is 429 g/mol. The maximum atomic E-state index is 13.6. The second-order valence-corrected chi connectivity index (χ2v) is 9.00. The van der Waals surface area contributed by atoms with Gasteiger partial charge in [-0.15, -0.1) is 0 Å². The fourth-order valence-electron chi connectivity index (χ4n) is 4.68. The van der Waals surface area contributed by atoms with Crippen molar-refractivity contribution in [3.63, 3.8) is 0 Å². The van der Waals surface area contributed by atoms with Gasteiger partial charge < -0.3 is 24.1 Å². The van der Waals surface area contributed by atoms with Crippen molar-refractivity contribution in [2.45, 2.75) is 44.8 Å². The van der Waals surface area contributed by atoms with Crippen molar-refractivity contribution in [2.75, 3.05) is 41.0 Å². The molecule has 0 aromatic heterocycles. The molecule has 2 aliphatic rings. The Morgan fingerprint density at radius 3 is 2.71 bits per heavy atom. The summed E-state index contributed by atoms with van der Waals surface area (Å²) in [5, 5.41) is 10.0. The molecule has 2 heterocycles. The second-order valence-electron chi connectivity index (χ2n) is 9.00. The highest BCUT2D eigenvalue weighted by Gasteiger charge is 2.52. The zero-order valence-electron chi connectivity index (χ0n) is 19.0. The van der Waals surface area contributed by atoms with Gasteiger partial charge in [-0.05, 0) is 72.1 Å². The highest BCUT2D eigenvalue weighted by molar-refractivity contribution is 5.85. The number of amides is 1. The van der Waals surface area contributed by atoms with Crippen molar-refractivity contribution >= 4 is 12.2 Å². The van der Waals surface area contributed by atoms with E-state index in [-0.39, 0.29) is 18.7 Å². The van der Waals surface area contributed by atoms with E-state index in [1.54, 1.807) is 11.8 Å². The lowest BCUT2D eigenvalue weighted by Gasteiger charge is -2.33. The van der Waals surface area contributed by atoms with E-state index in [0.29, 0.717) is 24.5 Å². The molecule has 8 nitrogen and oxygen atoms in total. The predicted molar refractivity (Wildman–Crippen MR) is 116 cm³/mol. The summed E-state index contributed by atoms with van der Waals surface area (Å²) in [6.07, 6.45) is 1.98. The number of hydrogen-bond donors (Lipinski definition) is 0. The summed E-state index contributed by atoms with van der Waals surface area (Å²) >= 11 is 0. The topological polar surface area (TPSA) is 86.1 Å². The molecular formula is C23H32N4O4. The van der Waals surface area contributed by atoms with Gasteiger partial charge in [0.05, 0.1) is 29.6 Å². The smallest absolute Gasteiger partial charge is 0.240 e. The number of nitriles is 1. The Kier molecular flexibility index (Phi) is 6.87. The number of benzene rings is 1. The van der Waals surface area contributed by atoms with Gasteiger partial charge in [-0.1, -0.05) is 6.07 Å². The van der Waals surface area contributed by atoms with Crippen LogP contribution in [0, 0.1) is 16.7 Å². The number of carbonyl (C=O) groups is 2. The fourth-order valence-corrected chi connectivity index (χ4v) is 4.68. The third-order valence-corrected chi connectivity index (χ3v) is 6.35. The highest BCUT2D eigenvalue weighted by Crippen LogP contribution is 2.50. The first-order valence-electron chi connectivity index (χ1n) is 10.6. The van der Waals surface area contributed by atoms with Gasteiger partial charge in [-0.2, -0.15) is 5.26 Å². The second kappa shape index (κ2) is 9.25. The molecule has 1 aromatic carbocycles. The third kappa shape index (κ3) is 4.53. The Hall–Kier alpha value is -2.63. The van der Waals surface area contributed by atoms with Crippen molar-refractivity contribution in [1.82, 2.24) is 14.7 Å². The number of rotatable bonds is 8. The molecule has 0 radical (unpaired) electrons. The molecule has 3 rings (SSSR count). The van der Waals surface area contributed by atoms with Crippen LogP contribution >= 0.6 is 0 Å². The Balaban J connectivity index is 1.86. The Labute approximate surface area is 184 Å². The van der Waals surface area contributed by atoms with Crippen molar-refractivity contribution in [3.05, 3.63) is 23.8 Å². The molecule has 1 saturated heterocycles. The fraction of sp³-hybridized carbons (Fsp3) is 0.609. The summed E-state index contributed by atoms with van der Waals surface area (Å²) in [7, 11) is 5.84. The third-order valence-electron chi connectivity index (χ3n) is 6.35. The summed E-state index contributed by atoms with van der Waals surface area (Å²) in [6.45, 7) is 5.14. The van der Waals surface area contributed by atoms with Crippen LogP contribution in [0.15, 0.2) is 18.2 Å². The minimum Gasteiger partial charge on any atom is -0.454 e. The van der Waals surface area contributed by atoms with Gasteiger partial charge in [0, 0.05) is 6.54 Å². The van der Waals surface area contributed by atoms with Gasteiger partial charge in [0.15, 0.2) is 11.5 Å². The van der Waals surface area contributed by atoms with E-state index in [9.17, 15) is 14.9 Å². The molecule has 1 amide bonds. The first kappa shape index (κ1) is 23.0. The SMILES string of the molecule is C[C@H](C=O)N(CCCN(C)C)C(=O)C1C[C@](C)(C#N)C(c2ccc3c(c2)OCO3)N1C. The number of likely N-dealkylation sites (tertiary alicyclic amines) is 1. The molecule has 8 heteroatoms. The maximum absolute atomic E-state index is 13.6. The van der Waals surface area contributed by atoms with Crippen LogP contribution in [0.2, 0.25) is 0 Å². The van der Waals surface area contributed by atoms with E-state index in [2.05, 4.69) is 11.0 Å². The Morgan fingerprint density at radius 2 is 2.06 bits per heavy atom. The summed E-state index contributed by atoms with van der Waals surface area (Å²) < 4.78 is 10.9. The average Bonchev–Trinajstić information content (AvgIpc) is 3.31. The summed E-state index contributed by atoms with van der Waals surface area (Å²) in [6, 6.07) is 6.85. The van der Waals surface area contributed by atoms with Crippen molar-refractivity contribution in [1.29, 1.82) is 5.26 Å². The Morgan fingerprint density at radius 1 is 1.35 bits per heavy atom. The summed E-state index contributed by atoms with van der Waals surface area (Å²) in [5.41, 5.74) is 0.149. The van der Waals surface area contributed by atoms with E-state index >= 15 is 0 Å². The van der Waals surface area contributed by atoms with Crippen molar-refractivity contribution in [2.24, 2.45) is 5.41 Å². The van der Waals surface area contributed by atoms with Crippen LogP contribution in [0.5, 0.6) is 11.5 Å². The van der Waals surface area contributed by atoms with E-state index in [1.165, 1.54) is 0 Å². The molecule has 0 N–H and O–H groups in total. The van der Waals surface area contributed by atoms with Crippen LogP contribution in [0.1, 0.15) is 38.3 Å². The number of ether oxygens (including phenoxy) is 2. The molecular weight excluding hydrogens is 396 g/mol. The highest BCUT2D eigenvalue weighted by atomic mass is 16.7. The molecule has 1 aromatic rings. The molecule has 0 spiro atoms. The van der Waals surface area contributed by atoms with E-state index < -0.39 is 17.5 Å². The lowest BCUT2D eigenvalue weighted by Crippen LogP contribution is -2.49. The molecule has 31 heavy (non-hydrogen) atoms. The first-order chi connectivity index (χ1) is 14.7. The van der Waals surface area contributed by atoms with Crippen LogP contribution in [0.3, 0.4) is 0 Å². The number of hydrogen-bond acceptors (Lipinski definition) is 7. The zero-order chi connectivity index (χ0) is 22.8. The van der Waals surface area contributed by atoms with Crippen LogP contribution < -0.4 is 9.47 Å². The standard InChI is InChI=1S/C23H32N4O4/c1-16(13-28)27(10-6-9-25(3)4)22(29)18-12-23(2,14-24)21(26(18)5)17-7-8-19-20(11-17)31-15-30-19/h7-8,11,13,16,18,21H,6,9-10,12,15H2,1-5H3/t16-,18?,21?,23-/m1/s1. The molecule has 4 atom stereocenters. The molecule has 168 valence electrons. The van der Waals surface area contributed by atoms with Crippen LogP contribution in [0.4, 0.5) is 0 Å². The first-order valence-corrected chi connectivity index (χ1v) is 10.6. The minimum atomic E-state index is -0.761. The summed E-state index contributed by atoms with van der Waals surface area (Å²) in [4.78, 5) is 30.8. The minimum absolute atomic E-state index is 0.106. The van der Waals surface area contributed by atoms with Crippen molar-refractivity contribution < 1.29 is 19.1 Å². The number of nitrogens with zero attached hydrogens (tertiary/aromatic N) is 4. The summed E-state index contributed by atoms with van der Waals surface area (Å²) in [5.74, 6) is 1.23. The van der Waals surface area contributed by atoms with Gasteiger partial charge in [-0.25, -0.2) is 0 Å². The monoisotopic (exact) mass is 428 g/mol. The molecule has 0 saturated carbocycles. The van der Waals surface area contributed by atoms with Gasteiger partial charge in [-0.3, -0.25) is 9.69 Å². The van der Waals surface area contributed by atoms with Crippen LogP contribution in [0.25, 0.3) is 0 Å². The molecule has 2 unspecified atom stereocenters. The van der Waals surface area contributed by atoms with Crippen LogP contribution in [-0.4, -0.2) is 80.0 Å². The maximum Gasteiger partial charge on any atom is 0.240 e. The normalized spacial score (nSPS) is 26.0. The quantitative estimate of drug-likeness (QED) is 0.586. The van der Waals surface area contributed by atoms with Gasteiger partial charge in [0.1, 0.15) is 6.29 Å². The van der Waals surface area contributed by atoms with E-state index in [1.807, 2.05) is 51.2 Å². The number of aldehydes is 1. The van der Waals surface area contributed by atoms with Gasteiger partial charge in [0.2, 0.25) is 12.7 Å². The predicted octanol–water partition coefficient (Wildman–Crippen LogP) is 2.06. The van der Waals surface area contributed by atoms with Gasteiger partial charge in [0.25, 0.3) is 0 Å². The lowest BCUT2D eigenvalue weighted by molar-refractivity contribution is -0.140. The number of carbonyl (C=O) groups excluding carboxylic acids is 2. The lowest BCUT2D eigenvalue weighted by atomic mass is 9.79. The van der Waals surface area contributed by atoms with Crippen molar-refractivity contribution in [3.8, 4) is 17.6 Å². The molecule has 0 aliphatic carbocycles. The molecule has 2 aliphatic heterocycles. The number of fused-ring (bicyclic) bond motifs is 1. The zero-order valence-corrected chi connectivity index (χ0v) is 19.0. The van der Waals surface area contributed by atoms with Gasteiger partial charge >= 0.3 is 0 Å².